The van der Waals surface area contributed by atoms with Crippen molar-refractivity contribution in [2.75, 3.05) is 13.7 Å². The third-order valence-electron chi connectivity index (χ3n) is 3.16. The first-order valence-corrected chi connectivity index (χ1v) is 6.18. The number of amides is 1. The van der Waals surface area contributed by atoms with E-state index in [0.717, 1.165) is 18.9 Å². The molecule has 0 saturated heterocycles. The highest BCUT2D eigenvalue weighted by Gasteiger charge is 2.29. The van der Waals surface area contributed by atoms with Crippen molar-refractivity contribution in [2.24, 2.45) is 0 Å². The molecule has 4 nitrogen and oxygen atoms in total. The fourth-order valence-electron chi connectivity index (χ4n) is 1.81. The van der Waals surface area contributed by atoms with Crippen LogP contribution in [-0.4, -0.2) is 36.3 Å². The lowest BCUT2D eigenvalue weighted by Gasteiger charge is -2.17. The molecule has 0 spiro atoms. The van der Waals surface area contributed by atoms with Crippen LogP contribution < -0.4 is 4.74 Å². The molecule has 1 amide bonds. The summed E-state index contributed by atoms with van der Waals surface area (Å²) in [6, 6.07) is 3.99. The molecule has 0 N–H and O–H groups in total. The first-order chi connectivity index (χ1) is 8.99. The highest BCUT2D eigenvalue weighted by molar-refractivity contribution is 5.96. The summed E-state index contributed by atoms with van der Waals surface area (Å²) in [6.07, 6.45) is 2.03. The van der Waals surface area contributed by atoms with Gasteiger partial charge in [0.1, 0.15) is 11.6 Å². The number of likely N-dealkylation sites (N-methyl/N-ethyl adjacent to an activating group) is 1. The molecule has 0 aromatic heterocycles. The van der Waals surface area contributed by atoms with Crippen molar-refractivity contribution in [3.05, 3.63) is 29.6 Å². The van der Waals surface area contributed by atoms with E-state index >= 15 is 0 Å². The maximum absolute atomic E-state index is 13.1. The van der Waals surface area contributed by atoms with Gasteiger partial charge in [0.25, 0.3) is 5.91 Å². The molecule has 102 valence electrons. The standard InChI is InChI=1S/C14H16FNO3/c1-9(17)12-6-3-10(15)7-13(12)19-8-14(18)16(2)11-4-5-11/h3,6-7,11H,4-5,8H2,1-2H3. The van der Waals surface area contributed by atoms with Crippen LogP contribution in [0, 0.1) is 5.82 Å². The Kier molecular flexibility index (Phi) is 3.83. The number of hydrogen-bond acceptors (Lipinski definition) is 3. The normalized spacial score (nSPS) is 14.1. The number of carbonyl (C=O) groups is 2. The summed E-state index contributed by atoms with van der Waals surface area (Å²) in [5, 5.41) is 0. The van der Waals surface area contributed by atoms with E-state index in [1.165, 1.54) is 19.1 Å². The molecule has 0 heterocycles. The molecule has 0 bridgehead atoms. The van der Waals surface area contributed by atoms with E-state index in [4.69, 9.17) is 4.74 Å². The first kappa shape index (κ1) is 13.5. The summed E-state index contributed by atoms with van der Waals surface area (Å²) in [5.74, 6) is -0.771. The predicted molar refractivity (Wildman–Crippen MR) is 67.7 cm³/mol. The van der Waals surface area contributed by atoms with Crippen LogP contribution >= 0.6 is 0 Å². The fraction of sp³-hybridized carbons (Fsp3) is 0.429. The Morgan fingerprint density at radius 3 is 2.68 bits per heavy atom. The lowest BCUT2D eigenvalue weighted by atomic mass is 10.1. The van der Waals surface area contributed by atoms with Crippen LogP contribution in [-0.2, 0) is 4.79 Å². The van der Waals surface area contributed by atoms with Gasteiger partial charge in [-0.05, 0) is 31.9 Å². The van der Waals surface area contributed by atoms with E-state index in [2.05, 4.69) is 0 Å². The lowest BCUT2D eigenvalue weighted by Crippen LogP contribution is -2.33. The van der Waals surface area contributed by atoms with Crippen LogP contribution in [0.3, 0.4) is 0 Å². The van der Waals surface area contributed by atoms with E-state index in [9.17, 15) is 14.0 Å². The van der Waals surface area contributed by atoms with Gasteiger partial charge in [-0.15, -0.1) is 0 Å². The van der Waals surface area contributed by atoms with Crippen molar-refractivity contribution in [2.45, 2.75) is 25.8 Å². The monoisotopic (exact) mass is 265 g/mol. The molecule has 1 saturated carbocycles. The number of benzene rings is 1. The van der Waals surface area contributed by atoms with Gasteiger partial charge < -0.3 is 9.64 Å². The molecule has 1 aromatic rings. The van der Waals surface area contributed by atoms with Crippen LogP contribution in [0.5, 0.6) is 5.75 Å². The van der Waals surface area contributed by atoms with Gasteiger partial charge in [0.2, 0.25) is 0 Å². The van der Waals surface area contributed by atoms with Gasteiger partial charge in [0, 0.05) is 19.2 Å². The van der Waals surface area contributed by atoms with Crippen LogP contribution in [0.25, 0.3) is 0 Å². The van der Waals surface area contributed by atoms with Gasteiger partial charge in [-0.1, -0.05) is 0 Å². The SMILES string of the molecule is CC(=O)c1ccc(F)cc1OCC(=O)N(C)C1CC1. The number of hydrogen-bond donors (Lipinski definition) is 0. The average molecular weight is 265 g/mol. The van der Waals surface area contributed by atoms with E-state index in [-0.39, 0.29) is 29.6 Å². The van der Waals surface area contributed by atoms with Gasteiger partial charge >= 0.3 is 0 Å². The minimum atomic E-state index is -0.497. The number of carbonyl (C=O) groups excluding carboxylic acids is 2. The molecule has 1 aromatic carbocycles. The second-order valence-electron chi connectivity index (χ2n) is 4.72. The Morgan fingerprint density at radius 2 is 2.11 bits per heavy atom. The van der Waals surface area contributed by atoms with Gasteiger partial charge in [-0.3, -0.25) is 9.59 Å². The van der Waals surface area contributed by atoms with Gasteiger partial charge in [0.15, 0.2) is 12.4 Å². The molecule has 2 rings (SSSR count). The topological polar surface area (TPSA) is 46.6 Å². The number of Topliss-reactive ketones (excluding diaryl/α,β-unsaturated/α-hetero) is 1. The fourth-order valence-corrected chi connectivity index (χ4v) is 1.81. The highest BCUT2D eigenvalue weighted by atomic mass is 19.1. The largest absolute Gasteiger partial charge is 0.483 e. The Labute approximate surface area is 111 Å². The van der Waals surface area contributed by atoms with Crippen molar-refractivity contribution in [3.8, 4) is 5.75 Å². The second kappa shape index (κ2) is 5.38. The Hall–Kier alpha value is -1.91. The summed E-state index contributed by atoms with van der Waals surface area (Å²) in [4.78, 5) is 24.8. The van der Waals surface area contributed by atoms with Gasteiger partial charge in [-0.25, -0.2) is 4.39 Å². The van der Waals surface area contributed by atoms with Crippen LogP contribution in [0.15, 0.2) is 18.2 Å². The molecule has 19 heavy (non-hydrogen) atoms. The molecule has 0 aliphatic heterocycles. The molecule has 1 aliphatic rings. The minimum absolute atomic E-state index is 0.116. The number of ether oxygens (including phenoxy) is 1. The quantitative estimate of drug-likeness (QED) is 0.765. The summed E-state index contributed by atoms with van der Waals surface area (Å²) in [5.41, 5.74) is 0.281. The number of halogens is 1. The Balaban J connectivity index is 2.03. The van der Waals surface area contributed by atoms with E-state index in [0.29, 0.717) is 6.04 Å². The lowest BCUT2D eigenvalue weighted by molar-refractivity contribution is -0.132. The zero-order valence-corrected chi connectivity index (χ0v) is 11.0. The van der Waals surface area contributed by atoms with Crippen LogP contribution in [0.4, 0.5) is 4.39 Å². The van der Waals surface area contributed by atoms with E-state index in [1.807, 2.05) is 0 Å². The van der Waals surface area contributed by atoms with Gasteiger partial charge in [0.05, 0.1) is 5.56 Å². The van der Waals surface area contributed by atoms with Crippen molar-refractivity contribution in [3.63, 3.8) is 0 Å². The van der Waals surface area contributed by atoms with Crippen LogP contribution in [0.1, 0.15) is 30.1 Å². The van der Waals surface area contributed by atoms with Crippen molar-refractivity contribution < 1.29 is 18.7 Å². The predicted octanol–water partition coefficient (Wildman–Crippen LogP) is 2.03. The maximum Gasteiger partial charge on any atom is 0.260 e. The maximum atomic E-state index is 13.1. The summed E-state index contributed by atoms with van der Waals surface area (Å²) >= 11 is 0. The molecular weight excluding hydrogens is 249 g/mol. The Morgan fingerprint density at radius 1 is 1.42 bits per heavy atom. The molecule has 0 atom stereocenters. The zero-order chi connectivity index (χ0) is 14.0. The van der Waals surface area contributed by atoms with E-state index < -0.39 is 5.82 Å². The van der Waals surface area contributed by atoms with Crippen molar-refractivity contribution in [1.82, 2.24) is 4.90 Å². The smallest absolute Gasteiger partial charge is 0.260 e. The summed E-state index contributed by atoms with van der Waals surface area (Å²) in [7, 11) is 1.72. The third kappa shape index (κ3) is 3.30. The van der Waals surface area contributed by atoms with E-state index in [1.54, 1.807) is 11.9 Å². The number of nitrogens with zero attached hydrogens (tertiary/aromatic N) is 1. The average Bonchev–Trinajstić information content (AvgIpc) is 3.18. The van der Waals surface area contributed by atoms with Gasteiger partial charge in [-0.2, -0.15) is 0 Å². The second-order valence-corrected chi connectivity index (χ2v) is 4.72. The van der Waals surface area contributed by atoms with Crippen LogP contribution in [0.2, 0.25) is 0 Å². The molecule has 0 unspecified atom stereocenters. The number of rotatable bonds is 5. The zero-order valence-electron chi connectivity index (χ0n) is 11.0. The molecule has 5 heteroatoms. The number of ketones is 1. The Bertz CT molecular complexity index is 511. The van der Waals surface area contributed by atoms with Crippen molar-refractivity contribution >= 4 is 11.7 Å². The summed E-state index contributed by atoms with van der Waals surface area (Å²) < 4.78 is 18.4. The molecule has 0 radical (unpaired) electrons. The van der Waals surface area contributed by atoms with Crippen molar-refractivity contribution in [1.29, 1.82) is 0 Å². The first-order valence-electron chi connectivity index (χ1n) is 6.18. The molecule has 1 fully saturated rings. The molecule has 1 aliphatic carbocycles. The minimum Gasteiger partial charge on any atom is -0.483 e. The molecular formula is C14H16FNO3. The third-order valence-corrected chi connectivity index (χ3v) is 3.16. The summed E-state index contributed by atoms with van der Waals surface area (Å²) in [6.45, 7) is 1.19. The highest BCUT2D eigenvalue weighted by Crippen LogP contribution is 2.26.